The quantitative estimate of drug-likeness (QED) is 0.857. The third-order valence-electron chi connectivity index (χ3n) is 2.44. The summed E-state index contributed by atoms with van der Waals surface area (Å²) in [5, 5.41) is 9.77. The number of benzene rings is 1. The van der Waals surface area contributed by atoms with Gasteiger partial charge in [0.25, 0.3) is 0 Å². The van der Waals surface area contributed by atoms with E-state index in [4.69, 9.17) is 21.4 Å². The van der Waals surface area contributed by atoms with Gasteiger partial charge in [-0.25, -0.2) is 0 Å². The molecule has 0 bridgehead atoms. The fraction of sp³-hybridized carbons (Fsp3) is 0.500. The molecule has 0 saturated carbocycles. The van der Waals surface area contributed by atoms with E-state index in [1.807, 2.05) is 6.92 Å². The monoisotopic (exact) mass is 228 g/mol. The van der Waals surface area contributed by atoms with Crippen LogP contribution in [0.15, 0.2) is 18.2 Å². The Hall–Kier alpha value is -0.730. The van der Waals surface area contributed by atoms with Crippen molar-refractivity contribution in [2.75, 3.05) is 0 Å². The Bertz CT molecular complexity index is 323. The number of aliphatic hydroxyl groups excluding tert-OH is 1. The second-order valence-corrected chi connectivity index (χ2v) is 4.41. The van der Waals surface area contributed by atoms with Crippen LogP contribution in [0.25, 0.3) is 0 Å². The van der Waals surface area contributed by atoms with Crippen LogP contribution < -0.4 is 4.74 Å². The van der Waals surface area contributed by atoms with E-state index in [2.05, 4.69) is 13.8 Å². The topological polar surface area (TPSA) is 29.5 Å². The molecular formula is C12H17ClO2. The first-order valence-electron chi connectivity index (χ1n) is 5.10. The van der Waals surface area contributed by atoms with Crippen LogP contribution in [0, 0.1) is 5.92 Å². The van der Waals surface area contributed by atoms with Gasteiger partial charge in [-0.05, 0) is 31.0 Å². The molecule has 0 amide bonds. The van der Waals surface area contributed by atoms with Crippen molar-refractivity contribution in [3.63, 3.8) is 0 Å². The molecule has 1 atom stereocenters. The summed E-state index contributed by atoms with van der Waals surface area (Å²) in [6.07, 6.45) is 0.122. The van der Waals surface area contributed by atoms with Crippen molar-refractivity contribution >= 4 is 11.6 Å². The lowest BCUT2D eigenvalue weighted by Gasteiger charge is -2.19. The van der Waals surface area contributed by atoms with Crippen LogP contribution in [0.5, 0.6) is 5.75 Å². The van der Waals surface area contributed by atoms with Crippen molar-refractivity contribution in [1.82, 2.24) is 0 Å². The molecule has 0 unspecified atom stereocenters. The second-order valence-electron chi connectivity index (χ2n) is 3.98. The largest absolute Gasteiger partial charge is 0.490 e. The molecule has 0 spiro atoms. The first kappa shape index (κ1) is 12.3. The molecule has 1 aromatic rings. The molecule has 2 nitrogen and oxygen atoms in total. The molecule has 1 rings (SSSR count). The van der Waals surface area contributed by atoms with Crippen LogP contribution in [0.3, 0.4) is 0 Å². The van der Waals surface area contributed by atoms with Crippen LogP contribution in [-0.2, 0) is 6.61 Å². The third kappa shape index (κ3) is 3.40. The minimum absolute atomic E-state index is 0.0549. The average Bonchev–Trinajstić information content (AvgIpc) is 2.20. The molecule has 0 aliphatic rings. The second kappa shape index (κ2) is 5.38. The highest BCUT2D eigenvalue weighted by molar-refractivity contribution is 6.30. The summed E-state index contributed by atoms with van der Waals surface area (Å²) in [5.41, 5.74) is 0.731. The summed E-state index contributed by atoms with van der Waals surface area (Å²) in [6, 6.07) is 5.29. The van der Waals surface area contributed by atoms with Crippen molar-refractivity contribution in [2.45, 2.75) is 33.5 Å². The van der Waals surface area contributed by atoms with E-state index in [1.54, 1.807) is 18.2 Å². The van der Waals surface area contributed by atoms with Gasteiger partial charge >= 0.3 is 0 Å². The summed E-state index contributed by atoms with van der Waals surface area (Å²) in [4.78, 5) is 0. The van der Waals surface area contributed by atoms with Crippen molar-refractivity contribution in [3.05, 3.63) is 28.8 Å². The number of aliphatic hydroxyl groups is 1. The Morgan fingerprint density at radius 1 is 1.33 bits per heavy atom. The maximum atomic E-state index is 9.16. The van der Waals surface area contributed by atoms with Crippen LogP contribution >= 0.6 is 11.6 Å². The standard InChI is InChI=1S/C12H17ClO2/c1-8(2)9(3)15-12-5-4-11(13)6-10(12)7-14/h4-6,8-9,14H,7H2,1-3H3/t9-/m1/s1. The van der Waals surface area contributed by atoms with Crippen LogP contribution in [0.2, 0.25) is 5.02 Å². The maximum Gasteiger partial charge on any atom is 0.125 e. The van der Waals surface area contributed by atoms with E-state index in [0.717, 1.165) is 5.56 Å². The van der Waals surface area contributed by atoms with E-state index in [-0.39, 0.29) is 12.7 Å². The highest BCUT2D eigenvalue weighted by atomic mass is 35.5. The van der Waals surface area contributed by atoms with Gasteiger partial charge in [0.1, 0.15) is 5.75 Å². The molecule has 84 valence electrons. The van der Waals surface area contributed by atoms with Crippen molar-refractivity contribution in [3.8, 4) is 5.75 Å². The Labute approximate surface area is 95.8 Å². The van der Waals surface area contributed by atoms with Crippen molar-refractivity contribution in [1.29, 1.82) is 0 Å². The predicted octanol–water partition coefficient (Wildman–Crippen LogP) is 3.26. The summed E-state index contributed by atoms with van der Waals surface area (Å²) < 4.78 is 5.73. The lowest BCUT2D eigenvalue weighted by Crippen LogP contribution is -2.19. The Morgan fingerprint density at radius 3 is 2.53 bits per heavy atom. The maximum absolute atomic E-state index is 9.16. The minimum atomic E-state index is -0.0549. The molecular weight excluding hydrogens is 212 g/mol. The van der Waals surface area contributed by atoms with Gasteiger partial charge in [-0.1, -0.05) is 25.4 Å². The lowest BCUT2D eigenvalue weighted by atomic mass is 10.1. The zero-order valence-electron chi connectivity index (χ0n) is 9.33. The van der Waals surface area contributed by atoms with Gasteiger partial charge in [-0.15, -0.1) is 0 Å². The number of hydrogen-bond acceptors (Lipinski definition) is 2. The van der Waals surface area contributed by atoms with E-state index in [9.17, 15) is 0 Å². The molecule has 3 heteroatoms. The lowest BCUT2D eigenvalue weighted by molar-refractivity contribution is 0.164. The Morgan fingerprint density at radius 2 is 2.00 bits per heavy atom. The summed E-state index contributed by atoms with van der Waals surface area (Å²) in [5.74, 6) is 1.15. The number of rotatable bonds is 4. The van der Waals surface area contributed by atoms with Gasteiger partial charge in [0.15, 0.2) is 0 Å². The number of halogens is 1. The smallest absolute Gasteiger partial charge is 0.125 e. The molecule has 0 aromatic heterocycles. The third-order valence-corrected chi connectivity index (χ3v) is 2.68. The first-order valence-corrected chi connectivity index (χ1v) is 5.48. The predicted molar refractivity (Wildman–Crippen MR) is 62.3 cm³/mol. The van der Waals surface area contributed by atoms with Crippen molar-refractivity contribution in [2.24, 2.45) is 5.92 Å². The van der Waals surface area contributed by atoms with Gasteiger partial charge < -0.3 is 9.84 Å². The molecule has 0 saturated heterocycles. The van der Waals surface area contributed by atoms with Crippen molar-refractivity contribution < 1.29 is 9.84 Å². The molecule has 0 fully saturated rings. The summed E-state index contributed by atoms with van der Waals surface area (Å²) in [6.45, 7) is 6.15. The van der Waals surface area contributed by atoms with E-state index >= 15 is 0 Å². The van der Waals surface area contributed by atoms with Gasteiger partial charge in [0, 0.05) is 10.6 Å². The molecule has 0 aliphatic carbocycles. The first-order chi connectivity index (χ1) is 7.04. The fourth-order valence-electron chi connectivity index (χ4n) is 1.12. The van der Waals surface area contributed by atoms with Crippen LogP contribution in [-0.4, -0.2) is 11.2 Å². The number of ether oxygens (including phenoxy) is 1. The van der Waals surface area contributed by atoms with E-state index in [0.29, 0.717) is 16.7 Å². The van der Waals surface area contributed by atoms with Gasteiger partial charge in [0.2, 0.25) is 0 Å². The molecule has 1 N–H and O–H groups in total. The SMILES string of the molecule is CC(C)[C@@H](C)Oc1ccc(Cl)cc1CO. The van der Waals surface area contributed by atoms with E-state index in [1.165, 1.54) is 0 Å². The highest BCUT2D eigenvalue weighted by Crippen LogP contribution is 2.25. The summed E-state index contributed by atoms with van der Waals surface area (Å²) in [7, 11) is 0. The Kier molecular flexibility index (Phi) is 4.43. The fourth-order valence-corrected chi connectivity index (χ4v) is 1.32. The van der Waals surface area contributed by atoms with Crippen LogP contribution in [0.1, 0.15) is 26.3 Å². The average molecular weight is 229 g/mol. The minimum Gasteiger partial charge on any atom is -0.490 e. The zero-order chi connectivity index (χ0) is 11.4. The molecule has 0 heterocycles. The van der Waals surface area contributed by atoms with Gasteiger partial charge in [-0.3, -0.25) is 0 Å². The van der Waals surface area contributed by atoms with Gasteiger partial charge in [-0.2, -0.15) is 0 Å². The normalized spacial score (nSPS) is 12.9. The molecule has 0 aliphatic heterocycles. The van der Waals surface area contributed by atoms with Crippen LogP contribution in [0.4, 0.5) is 0 Å². The molecule has 0 radical (unpaired) electrons. The number of hydrogen-bond donors (Lipinski definition) is 1. The Balaban J connectivity index is 2.84. The van der Waals surface area contributed by atoms with Gasteiger partial charge in [0.05, 0.1) is 12.7 Å². The van der Waals surface area contributed by atoms with E-state index < -0.39 is 0 Å². The molecule has 1 aromatic carbocycles. The zero-order valence-corrected chi connectivity index (χ0v) is 10.1. The summed E-state index contributed by atoms with van der Waals surface area (Å²) >= 11 is 5.83. The highest BCUT2D eigenvalue weighted by Gasteiger charge is 2.11. The molecule has 15 heavy (non-hydrogen) atoms.